The van der Waals surface area contributed by atoms with Crippen LogP contribution in [0.4, 0.5) is 0 Å². The first-order valence-corrected chi connectivity index (χ1v) is 6.68. The van der Waals surface area contributed by atoms with E-state index in [1.807, 2.05) is 6.92 Å². The second-order valence-electron chi connectivity index (χ2n) is 5.89. The van der Waals surface area contributed by atoms with Crippen molar-refractivity contribution in [3.05, 3.63) is 34.9 Å². The summed E-state index contributed by atoms with van der Waals surface area (Å²) >= 11 is 0. The number of hydrogen-bond donors (Lipinski definition) is 0. The van der Waals surface area contributed by atoms with Crippen LogP contribution in [0.5, 0.6) is 0 Å². The van der Waals surface area contributed by atoms with Gasteiger partial charge in [-0.1, -0.05) is 38.1 Å². The largest absolute Gasteiger partial charge is 0.399 e. The summed E-state index contributed by atoms with van der Waals surface area (Å²) in [5, 5.41) is 4.03. The summed E-state index contributed by atoms with van der Waals surface area (Å²) in [6.45, 7) is 9.04. The highest BCUT2D eigenvalue weighted by molar-refractivity contribution is 5.98. The van der Waals surface area contributed by atoms with Crippen LogP contribution in [0, 0.1) is 5.92 Å². The third kappa shape index (κ3) is 2.16. The van der Waals surface area contributed by atoms with Crippen molar-refractivity contribution in [2.75, 3.05) is 7.11 Å². The zero-order valence-corrected chi connectivity index (χ0v) is 12.1. The molecule has 0 heterocycles. The molecular weight excluding hydrogens is 222 g/mol. The van der Waals surface area contributed by atoms with Gasteiger partial charge >= 0.3 is 0 Å². The zero-order chi connectivity index (χ0) is 13.3. The molecule has 1 atom stereocenters. The molecule has 2 heteroatoms. The van der Waals surface area contributed by atoms with Crippen LogP contribution < -0.4 is 0 Å². The van der Waals surface area contributed by atoms with E-state index in [9.17, 15) is 0 Å². The monoisotopic (exact) mass is 245 g/mol. The van der Waals surface area contributed by atoms with Gasteiger partial charge in [0.1, 0.15) is 7.11 Å². The highest BCUT2D eigenvalue weighted by Crippen LogP contribution is 2.41. The minimum atomic E-state index is 0.247. The molecule has 1 aromatic rings. The molecule has 2 rings (SSSR count). The molecule has 0 N–H and O–H groups in total. The molecule has 98 valence electrons. The lowest BCUT2D eigenvalue weighted by molar-refractivity contribution is 0.213. The smallest absolute Gasteiger partial charge is 0.106 e. The summed E-state index contributed by atoms with van der Waals surface area (Å²) in [6.07, 6.45) is 2.48. The minimum absolute atomic E-state index is 0.247. The Kier molecular flexibility index (Phi) is 3.47. The summed E-state index contributed by atoms with van der Waals surface area (Å²) in [5.74, 6) is 0.722. The van der Waals surface area contributed by atoms with E-state index < -0.39 is 0 Å². The van der Waals surface area contributed by atoms with Gasteiger partial charge in [0, 0.05) is 0 Å². The highest BCUT2D eigenvalue weighted by Gasteiger charge is 2.33. The predicted molar refractivity (Wildman–Crippen MR) is 76.2 cm³/mol. The number of benzene rings is 1. The average molecular weight is 245 g/mol. The van der Waals surface area contributed by atoms with Gasteiger partial charge in [-0.05, 0) is 53.9 Å². The van der Waals surface area contributed by atoms with Crippen LogP contribution in [-0.4, -0.2) is 12.8 Å². The fourth-order valence-electron chi connectivity index (χ4n) is 2.81. The molecule has 0 bridgehead atoms. The van der Waals surface area contributed by atoms with Gasteiger partial charge in [-0.3, -0.25) is 0 Å². The van der Waals surface area contributed by atoms with E-state index in [-0.39, 0.29) is 5.41 Å². The average Bonchev–Trinajstić information content (AvgIpc) is 2.34. The van der Waals surface area contributed by atoms with Gasteiger partial charge in [0.25, 0.3) is 0 Å². The second kappa shape index (κ2) is 4.75. The summed E-state index contributed by atoms with van der Waals surface area (Å²) in [4.78, 5) is 4.86. The van der Waals surface area contributed by atoms with Crippen molar-refractivity contribution in [3.8, 4) is 0 Å². The molecule has 1 aromatic carbocycles. The van der Waals surface area contributed by atoms with Gasteiger partial charge in [-0.25, -0.2) is 0 Å². The van der Waals surface area contributed by atoms with Crippen molar-refractivity contribution >= 4 is 5.71 Å². The molecule has 0 amide bonds. The second-order valence-corrected chi connectivity index (χ2v) is 5.89. The standard InChI is InChI=1S/C16H23NO/c1-11-6-7-13-8-9-14(12(2)17-18-5)10-15(13)16(11,3)4/h8-11H,6-7H2,1-5H3/b17-12-. The maximum Gasteiger partial charge on any atom is 0.106 e. The first kappa shape index (κ1) is 13.1. The highest BCUT2D eigenvalue weighted by atomic mass is 16.6. The number of hydrogen-bond acceptors (Lipinski definition) is 2. The van der Waals surface area contributed by atoms with Gasteiger partial charge < -0.3 is 4.84 Å². The summed E-state index contributed by atoms with van der Waals surface area (Å²) < 4.78 is 0. The Morgan fingerprint density at radius 1 is 1.39 bits per heavy atom. The van der Waals surface area contributed by atoms with Crippen LogP contribution in [-0.2, 0) is 16.7 Å². The van der Waals surface area contributed by atoms with Gasteiger partial charge in [0.2, 0.25) is 0 Å². The van der Waals surface area contributed by atoms with E-state index in [1.165, 1.54) is 24.0 Å². The van der Waals surface area contributed by atoms with Gasteiger partial charge in [-0.2, -0.15) is 0 Å². The summed E-state index contributed by atoms with van der Waals surface area (Å²) in [6, 6.07) is 6.71. The van der Waals surface area contributed by atoms with Crippen LogP contribution in [0.3, 0.4) is 0 Å². The molecule has 18 heavy (non-hydrogen) atoms. The van der Waals surface area contributed by atoms with Crippen molar-refractivity contribution in [1.82, 2.24) is 0 Å². The number of nitrogens with zero attached hydrogens (tertiary/aromatic N) is 1. The van der Waals surface area contributed by atoms with E-state index in [4.69, 9.17) is 4.84 Å². The van der Waals surface area contributed by atoms with Crippen LogP contribution >= 0.6 is 0 Å². The maximum atomic E-state index is 4.86. The lowest BCUT2D eigenvalue weighted by atomic mass is 9.66. The predicted octanol–water partition coefficient (Wildman–Crippen LogP) is 3.92. The zero-order valence-electron chi connectivity index (χ0n) is 12.1. The van der Waals surface area contributed by atoms with Crippen molar-refractivity contribution in [2.24, 2.45) is 11.1 Å². The van der Waals surface area contributed by atoms with E-state index in [1.54, 1.807) is 7.11 Å². The molecule has 0 saturated heterocycles. The lowest BCUT2D eigenvalue weighted by Crippen LogP contribution is -2.32. The van der Waals surface area contributed by atoms with Crippen LogP contribution in [0.1, 0.15) is 50.8 Å². The molecule has 0 saturated carbocycles. The van der Waals surface area contributed by atoms with Gasteiger partial charge in [-0.15, -0.1) is 0 Å². The Morgan fingerprint density at radius 3 is 2.78 bits per heavy atom. The molecule has 0 aromatic heterocycles. The summed E-state index contributed by atoms with van der Waals surface area (Å²) in [5.41, 5.74) is 5.32. The number of rotatable bonds is 2. The number of oxime groups is 1. The Hall–Kier alpha value is -1.31. The topological polar surface area (TPSA) is 21.6 Å². The quantitative estimate of drug-likeness (QED) is 0.571. The molecule has 1 aliphatic rings. The van der Waals surface area contributed by atoms with Crippen molar-refractivity contribution in [2.45, 2.75) is 46.0 Å². The maximum absolute atomic E-state index is 4.86. The van der Waals surface area contributed by atoms with Crippen LogP contribution in [0.2, 0.25) is 0 Å². The minimum Gasteiger partial charge on any atom is -0.399 e. The van der Waals surface area contributed by atoms with E-state index in [0.717, 1.165) is 17.2 Å². The molecule has 0 radical (unpaired) electrons. The number of fused-ring (bicyclic) bond motifs is 1. The van der Waals surface area contributed by atoms with Crippen LogP contribution in [0.25, 0.3) is 0 Å². The van der Waals surface area contributed by atoms with E-state index in [0.29, 0.717) is 0 Å². The van der Waals surface area contributed by atoms with E-state index >= 15 is 0 Å². The third-order valence-corrected chi connectivity index (χ3v) is 4.53. The third-order valence-electron chi connectivity index (χ3n) is 4.53. The first-order valence-electron chi connectivity index (χ1n) is 6.68. The van der Waals surface area contributed by atoms with Crippen molar-refractivity contribution < 1.29 is 4.84 Å². The first-order chi connectivity index (χ1) is 8.46. The van der Waals surface area contributed by atoms with Crippen LogP contribution in [0.15, 0.2) is 23.4 Å². The summed E-state index contributed by atoms with van der Waals surface area (Å²) in [7, 11) is 1.59. The van der Waals surface area contributed by atoms with Crippen molar-refractivity contribution in [3.63, 3.8) is 0 Å². The van der Waals surface area contributed by atoms with Gasteiger partial charge in [0.05, 0.1) is 5.71 Å². The molecule has 0 fully saturated rings. The molecule has 2 nitrogen and oxygen atoms in total. The molecule has 0 aliphatic heterocycles. The molecule has 0 spiro atoms. The Bertz CT molecular complexity index is 474. The van der Waals surface area contributed by atoms with Gasteiger partial charge in [0.15, 0.2) is 0 Å². The lowest BCUT2D eigenvalue weighted by Gasteiger charge is -2.39. The Labute approximate surface area is 110 Å². The number of aryl methyl sites for hydroxylation is 1. The Morgan fingerprint density at radius 2 is 2.11 bits per heavy atom. The molecular formula is C16H23NO. The normalized spacial score (nSPS) is 22.5. The van der Waals surface area contributed by atoms with E-state index in [2.05, 4.69) is 44.1 Å². The fraction of sp³-hybridized carbons (Fsp3) is 0.562. The fourth-order valence-corrected chi connectivity index (χ4v) is 2.81. The molecule has 1 aliphatic carbocycles. The molecule has 1 unspecified atom stereocenters. The Balaban J connectivity index is 2.48. The van der Waals surface area contributed by atoms with Crippen molar-refractivity contribution in [1.29, 1.82) is 0 Å². The SMILES string of the molecule is CO/N=C(/C)c1ccc2c(c1)C(C)(C)C(C)CC2.